The van der Waals surface area contributed by atoms with Gasteiger partial charge in [0.05, 0.1) is 0 Å². The van der Waals surface area contributed by atoms with Gasteiger partial charge < -0.3 is 10.2 Å². The molecule has 16 heavy (non-hydrogen) atoms. The Morgan fingerprint density at radius 1 is 1.19 bits per heavy atom. The number of hydrogen-bond acceptors (Lipinski definition) is 2. The SMILES string of the molecule is CN(CCNC1CCCCC1(C)C)C1CC1. The molecule has 2 aliphatic carbocycles. The smallest absolute Gasteiger partial charge is 0.0119 e. The fraction of sp³-hybridized carbons (Fsp3) is 1.00. The maximum Gasteiger partial charge on any atom is 0.0119 e. The first-order valence-corrected chi connectivity index (χ1v) is 7.03. The fourth-order valence-electron chi connectivity index (χ4n) is 2.99. The molecule has 0 heterocycles. The molecule has 1 unspecified atom stereocenters. The lowest BCUT2D eigenvalue weighted by Crippen LogP contribution is -2.46. The highest BCUT2D eigenvalue weighted by Gasteiger charge is 2.32. The number of nitrogens with zero attached hydrogens (tertiary/aromatic N) is 1. The van der Waals surface area contributed by atoms with Crippen LogP contribution in [0.25, 0.3) is 0 Å². The Morgan fingerprint density at radius 2 is 1.94 bits per heavy atom. The molecular weight excluding hydrogens is 196 g/mol. The minimum absolute atomic E-state index is 0.510. The molecule has 2 fully saturated rings. The topological polar surface area (TPSA) is 15.3 Å². The van der Waals surface area contributed by atoms with E-state index < -0.39 is 0 Å². The lowest BCUT2D eigenvalue weighted by Gasteiger charge is -2.39. The molecule has 0 radical (unpaired) electrons. The van der Waals surface area contributed by atoms with Crippen molar-refractivity contribution in [3.8, 4) is 0 Å². The van der Waals surface area contributed by atoms with E-state index in [2.05, 4.69) is 31.1 Å². The third-order valence-corrected chi connectivity index (χ3v) is 4.53. The molecule has 0 bridgehead atoms. The molecule has 0 amide bonds. The molecule has 1 atom stereocenters. The number of nitrogens with one attached hydrogen (secondary N) is 1. The molecule has 2 saturated carbocycles. The summed E-state index contributed by atoms with van der Waals surface area (Å²) in [6.07, 6.45) is 8.45. The maximum absolute atomic E-state index is 3.78. The first-order valence-electron chi connectivity index (χ1n) is 7.03. The molecule has 2 rings (SSSR count). The number of likely N-dealkylation sites (N-methyl/N-ethyl adjacent to an activating group) is 1. The third-order valence-electron chi connectivity index (χ3n) is 4.53. The summed E-state index contributed by atoms with van der Waals surface area (Å²) in [5.74, 6) is 0. The summed E-state index contributed by atoms with van der Waals surface area (Å²) in [4.78, 5) is 2.52. The molecule has 1 N–H and O–H groups in total. The van der Waals surface area contributed by atoms with E-state index in [1.807, 2.05) is 0 Å². The van der Waals surface area contributed by atoms with Gasteiger partial charge in [-0.2, -0.15) is 0 Å². The molecule has 94 valence electrons. The van der Waals surface area contributed by atoms with E-state index in [-0.39, 0.29) is 0 Å². The van der Waals surface area contributed by atoms with Crippen molar-refractivity contribution in [1.82, 2.24) is 10.2 Å². The van der Waals surface area contributed by atoms with Gasteiger partial charge in [0.15, 0.2) is 0 Å². The Morgan fingerprint density at radius 3 is 2.56 bits per heavy atom. The lowest BCUT2D eigenvalue weighted by atomic mass is 9.73. The average molecular weight is 224 g/mol. The second-order valence-corrected chi connectivity index (χ2v) is 6.45. The lowest BCUT2D eigenvalue weighted by molar-refractivity contribution is 0.163. The van der Waals surface area contributed by atoms with Crippen molar-refractivity contribution in [1.29, 1.82) is 0 Å². The van der Waals surface area contributed by atoms with E-state index in [1.54, 1.807) is 0 Å². The summed E-state index contributed by atoms with van der Waals surface area (Å²) < 4.78 is 0. The van der Waals surface area contributed by atoms with Gasteiger partial charge in [0, 0.05) is 25.2 Å². The van der Waals surface area contributed by atoms with Crippen molar-refractivity contribution in [3.05, 3.63) is 0 Å². The summed E-state index contributed by atoms with van der Waals surface area (Å²) >= 11 is 0. The summed E-state index contributed by atoms with van der Waals surface area (Å²) in [5, 5.41) is 3.78. The van der Waals surface area contributed by atoms with Crippen LogP contribution in [-0.2, 0) is 0 Å². The Labute approximate surface area is 101 Å². The van der Waals surface area contributed by atoms with Crippen LogP contribution in [-0.4, -0.2) is 37.1 Å². The van der Waals surface area contributed by atoms with Crippen LogP contribution in [0.2, 0.25) is 0 Å². The van der Waals surface area contributed by atoms with E-state index in [9.17, 15) is 0 Å². The van der Waals surface area contributed by atoms with E-state index >= 15 is 0 Å². The molecule has 0 spiro atoms. The molecule has 0 aromatic carbocycles. The van der Waals surface area contributed by atoms with Crippen molar-refractivity contribution in [2.24, 2.45) is 5.41 Å². The largest absolute Gasteiger partial charge is 0.312 e. The minimum Gasteiger partial charge on any atom is -0.312 e. The second-order valence-electron chi connectivity index (χ2n) is 6.45. The van der Waals surface area contributed by atoms with Gasteiger partial charge in [0.25, 0.3) is 0 Å². The Bertz CT molecular complexity index is 221. The molecule has 2 aliphatic rings. The molecule has 2 nitrogen and oxygen atoms in total. The zero-order chi connectivity index (χ0) is 11.6. The van der Waals surface area contributed by atoms with Crippen molar-refractivity contribution in [2.75, 3.05) is 20.1 Å². The molecular formula is C14H28N2. The molecule has 0 aromatic rings. The van der Waals surface area contributed by atoms with Crippen molar-refractivity contribution in [2.45, 2.75) is 64.5 Å². The van der Waals surface area contributed by atoms with Gasteiger partial charge in [-0.3, -0.25) is 0 Å². The van der Waals surface area contributed by atoms with Gasteiger partial charge in [0.2, 0.25) is 0 Å². The fourth-order valence-corrected chi connectivity index (χ4v) is 2.99. The highest BCUT2D eigenvalue weighted by molar-refractivity contribution is 4.88. The Kier molecular flexibility index (Phi) is 3.91. The van der Waals surface area contributed by atoms with E-state index in [0.29, 0.717) is 5.41 Å². The monoisotopic (exact) mass is 224 g/mol. The summed E-state index contributed by atoms with van der Waals surface area (Å²) in [5.41, 5.74) is 0.510. The van der Waals surface area contributed by atoms with E-state index in [4.69, 9.17) is 0 Å². The Balaban J connectivity index is 1.67. The highest BCUT2D eigenvalue weighted by Crippen LogP contribution is 2.35. The predicted octanol–water partition coefficient (Wildman–Crippen LogP) is 2.64. The number of hydrogen-bond donors (Lipinski definition) is 1. The first kappa shape index (κ1) is 12.4. The van der Waals surface area contributed by atoms with Gasteiger partial charge in [0.1, 0.15) is 0 Å². The molecule has 0 saturated heterocycles. The van der Waals surface area contributed by atoms with Crippen LogP contribution in [0.3, 0.4) is 0 Å². The van der Waals surface area contributed by atoms with Crippen LogP contribution in [0, 0.1) is 5.41 Å². The standard InChI is InChI=1S/C14H28N2/c1-14(2)9-5-4-6-13(14)15-10-11-16(3)12-7-8-12/h12-13,15H,4-11H2,1-3H3. The Hall–Kier alpha value is -0.0800. The van der Waals surface area contributed by atoms with Crippen molar-refractivity contribution in [3.63, 3.8) is 0 Å². The second kappa shape index (κ2) is 5.05. The normalized spacial score (nSPS) is 29.6. The summed E-state index contributed by atoms with van der Waals surface area (Å²) in [6, 6.07) is 1.65. The van der Waals surface area contributed by atoms with Crippen LogP contribution >= 0.6 is 0 Å². The van der Waals surface area contributed by atoms with Gasteiger partial charge in [-0.15, -0.1) is 0 Å². The molecule has 2 heteroatoms. The van der Waals surface area contributed by atoms with Crippen molar-refractivity contribution >= 4 is 0 Å². The molecule has 0 aromatic heterocycles. The zero-order valence-corrected chi connectivity index (χ0v) is 11.3. The van der Waals surface area contributed by atoms with Crippen LogP contribution < -0.4 is 5.32 Å². The third kappa shape index (κ3) is 3.21. The molecule has 0 aliphatic heterocycles. The first-order chi connectivity index (χ1) is 7.59. The maximum atomic E-state index is 3.78. The minimum atomic E-state index is 0.510. The summed E-state index contributed by atoms with van der Waals surface area (Å²) in [6.45, 7) is 7.24. The van der Waals surface area contributed by atoms with Crippen molar-refractivity contribution < 1.29 is 0 Å². The zero-order valence-electron chi connectivity index (χ0n) is 11.3. The van der Waals surface area contributed by atoms with Crippen LogP contribution in [0.1, 0.15) is 52.4 Å². The van der Waals surface area contributed by atoms with Crippen LogP contribution in [0.4, 0.5) is 0 Å². The van der Waals surface area contributed by atoms with Gasteiger partial charge in [-0.05, 0) is 38.1 Å². The van der Waals surface area contributed by atoms with Gasteiger partial charge in [-0.25, -0.2) is 0 Å². The number of rotatable bonds is 5. The van der Waals surface area contributed by atoms with Gasteiger partial charge in [-0.1, -0.05) is 26.7 Å². The van der Waals surface area contributed by atoms with E-state index in [1.165, 1.54) is 51.6 Å². The highest BCUT2D eigenvalue weighted by atomic mass is 15.2. The van der Waals surface area contributed by atoms with Crippen LogP contribution in [0.15, 0.2) is 0 Å². The quantitative estimate of drug-likeness (QED) is 0.772. The predicted molar refractivity (Wildman–Crippen MR) is 69.7 cm³/mol. The van der Waals surface area contributed by atoms with Crippen LogP contribution in [0.5, 0.6) is 0 Å². The van der Waals surface area contributed by atoms with Gasteiger partial charge >= 0.3 is 0 Å². The van der Waals surface area contributed by atoms with E-state index in [0.717, 1.165) is 12.1 Å². The average Bonchev–Trinajstić information content (AvgIpc) is 3.03. The summed E-state index contributed by atoms with van der Waals surface area (Å²) in [7, 11) is 2.27.